The van der Waals surface area contributed by atoms with Gasteiger partial charge in [-0.25, -0.2) is 5.43 Å². The molecule has 3 N–H and O–H groups in total. The Balaban J connectivity index is 1.85. The minimum Gasteiger partial charge on any atom is -0.289 e. The molecular weight excluding hydrogens is 188 g/mol. The number of piperidine rings is 2. The number of nitrogens with zero attached hydrogens (tertiary/aromatic N) is 2. The van der Waals surface area contributed by atoms with Crippen molar-refractivity contribution in [1.29, 1.82) is 0 Å². The van der Waals surface area contributed by atoms with Gasteiger partial charge in [-0.1, -0.05) is 6.42 Å². The summed E-state index contributed by atoms with van der Waals surface area (Å²) in [5.41, 5.74) is 9.41. The van der Waals surface area contributed by atoms with Gasteiger partial charge in [-0.2, -0.15) is 5.01 Å². The van der Waals surface area contributed by atoms with E-state index in [4.69, 9.17) is 5.73 Å². The Bertz CT molecular complexity index is 223. The van der Waals surface area contributed by atoms with Gasteiger partial charge in [0, 0.05) is 13.1 Å². The molecule has 2 fully saturated rings. The second-order valence-corrected chi connectivity index (χ2v) is 4.59. The molecule has 15 heavy (non-hydrogen) atoms. The third-order valence-corrected chi connectivity index (χ3v) is 3.33. The molecule has 0 atom stereocenters. The lowest BCUT2D eigenvalue weighted by atomic mass is 10.2. The summed E-state index contributed by atoms with van der Waals surface area (Å²) in [6.45, 7) is 4.50. The second-order valence-electron chi connectivity index (χ2n) is 4.59. The number of guanidine groups is 1. The Morgan fingerprint density at radius 1 is 0.933 bits per heavy atom. The molecule has 0 amide bonds. The van der Waals surface area contributed by atoms with Crippen LogP contribution in [0.3, 0.4) is 0 Å². The van der Waals surface area contributed by atoms with E-state index in [1.165, 1.54) is 38.5 Å². The maximum absolute atomic E-state index is 6.07. The molecule has 2 aliphatic heterocycles. The van der Waals surface area contributed by atoms with E-state index in [2.05, 4.69) is 15.0 Å². The summed E-state index contributed by atoms with van der Waals surface area (Å²) in [4.78, 5) is 0. The molecule has 0 bridgehead atoms. The zero-order valence-corrected chi connectivity index (χ0v) is 9.54. The SMILES string of the molecule is NC(NN1CCCCC1)=[N+]1CCCCC1. The van der Waals surface area contributed by atoms with E-state index in [1.807, 2.05) is 0 Å². The predicted octanol–water partition coefficient (Wildman–Crippen LogP) is 0.488. The lowest BCUT2D eigenvalue weighted by Gasteiger charge is -2.25. The molecule has 4 nitrogen and oxygen atoms in total. The van der Waals surface area contributed by atoms with Crippen LogP contribution in [-0.2, 0) is 0 Å². The van der Waals surface area contributed by atoms with Crippen LogP contribution in [0.15, 0.2) is 0 Å². The Morgan fingerprint density at radius 2 is 1.53 bits per heavy atom. The largest absolute Gasteiger partial charge is 0.360 e. The maximum atomic E-state index is 6.07. The smallest absolute Gasteiger partial charge is 0.289 e. The van der Waals surface area contributed by atoms with Crippen molar-refractivity contribution in [2.24, 2.45) is 5.73 Å². The first-order valence-corrected chi connectivity index (χ1v) is 6.25. The quantitative estimate of drug-likeness (QED) is 0.490. The minimum absolute atomic E-state index is 0.858. The van der Waals surface area contributed by atoms with Crippen LogP contribution in [0.5, 0.6) is 0 Å². The average molecular weight is 211 g/mol. The van der Waals surface area contributed by atoms with Crippen LogP contribution in [-0.4, -0.2) is 41.7 Å². The van der Waals surface area contributed by atoms with Crippen molar-refractivity contribution in [3.8, 4) is 0 Å². The number of nitrogens with two attached hydrogens (primary N) is 1. The molecule has 2 heterocycles. The van der Waals surface area contributed by atoms with Crippen molar-refractivity contribution in [2.75, 3.05) is 26.2 Å². The van der Waals surface area contributed by atoms with E-state index < -0.39 is 0 Å². The molecule has 0 unspecified atom stereocenters. The lowest BCUT2D eigenvalue weighted by Crippen LogP contribution is -2.52. The van der Waals surface area contributed by atoms with E-state index >= 15 is 0 Å². The summed E-state index contributed by atoms with van der Waals surface area (Å²) < 4.78 is 2.28. The molecule has 2 saturated heterocycles. The maximum Gasteiger partial charge on any atom is 0.360 e. The van der Waals surface area contributed by atoms with Gasteiger partial charge in [0.05, 0.1) is 13.1 Å². The van der Waals surface area contributed by atoms with Crippen molar-refractivity contribution >= 4 is 5.96 Å². The molecule has 4 heteroatoms. The van der Waals surface area contributed by atoms with Crippen molar-refractivity contribution in [1.82, 2.24) is 10.4 Å². The van der Waals surface area contributed by atoms with E-state index in [-0.39, 0.29) is 0 Å². The number of nitrogens with one attached hydrogen (secondary N) is 1. The summed E-state index contributed by atoms with van der Waals surface area (Å²) in [5, 5.41) is 2.26. The monoisotopic (exact) mass is 211 g/mol. The first kappa shape index (κ1) is 10.7. The first-order chi connectivity index (χ1) is 7.36. The Morgan fingerprint density at radius 3 is 2.20 bits per heavy atom. The van der Waals surface area contributed by atoms with Crippen LogP contribution < -0.4 is 11.2 Å². The minimum atomic E-state index is 0.858. The van der Waals surface area contributed by atoms with Gasteiger partial charge in [-0.15, -0.1) is 0 Å². The van der Waals surface area contributed by atoms with E-state index in [9.17, 15) is 0 Å². The molecule has 0 radical (unpaired) electrons. The highest BCUT2D eigenvalue weighted by atomic mass is 15.5. The second kappa shape index (κ2) is 5.35. The molecule has 2 rings (SSSR count). The van der Waals surface area contributed by atoms with Gasteiger partial charge in [-0.05, 0) is 32.1 Å². The number of hydrazine groups is 1. The van der Waals surface area contributed by atoms with Crippen LogP contribution in [0.1, 0.15) is 38.5 Å². The molecule has 0 spiro atoms. The van der Waals surface area contributed by atoms with Gasteiger partial charge < -0.3 is 0 Å². The van der Waals surface area contributed by atoms with Gasteiger partial charge in [-0.3, -0.25) is 10.3 Å². The fourth-order valence-electron chi connectivity index (χ4n) is 2.37. The van der Waals surface area contributed by atoms with Crippen molar-refractivity contribution < 1.29 is 4.58 Å². The van der Waals surface area contributed by atoms with Crippen LogP contribution in [0.2, 0.25) is 0 Å². The zero-order valence-electron chi connectivity index (χ0n) is 9.54. The van der Waals surface area contributed by atoms with Gasteiger partial charge in [0.15, 0.2) is 0 Å². The van der Waals surface area contributed by atoms with Crippen LogP contribution in [0.4, 0.5) is 0 Å². The Labute approximate surface area is 92.1 Å². The molecule has 0 aliphatic carbocycles. The average Bonchev–Trinajstić information content (AvgIpc) is 2.31. The van der Waals surface area contributed by atoms with Crippen molar-refractivity contribution in [3.05, 3.63) is 0 Å². The third kappa shape index (κ3) is 3.09. The number of hydrogen-bond acceptors (Lipinski definition) is 1. The van der Waals surface area contributed by atoms with Gasteiger partial charge in [0.1, 0.15) is 0 Å². The highest BCUT2D eigenvalue weighted by Crippen LogP contribution is 2.06. The molecule has 0 saturated carbocycles. The summed E-state index contributed by atoms with van der Waals surface area (Å²) in [6.07, 6.45) is 7.86. The van der Waals surface area contributed by atoms with Gasteiger partial charge >= 0.3 is 5.96 Å². The summed E-state index contributed by atoms with van der Waals surface area (Å²) >= 11 is 0. The van der Waals surface area contributed by atoms with Crippen LogP contribution in [0, 0.1) is 0 Å². The Kier molecular flexibility index (Phi) is 3.83. The number of rotatable bonds is 1. The molecule has 2 aliphatic rings. The highest BCUT2D eigenvalue weighted by Gasteiger charge is 2.17. The van der Waals surface area contributed by atoms with Crippen LogP contribution >= 0.6 is 0 Å². The molecular formula is C11H23N4+. The summed E-state index contributed by atoms with van der Waals surface area (Å²) in [5.74, 6) is 0.858. The fraction of sp³-hybridized carbons (Fsp3) is 0.909. The topological polar surface area (TPSA) is 44.3 Å². The van der Waals surface area contributed by atoms with Gasteiger partial charge in [0.2, 0.25) is 0 Å². The van der Waals surface area contributed by atoms with Crippen molar-refractivity contribution in [3.63, 3.8) is 0 Å². The molecule has 0 aromatic heterocycles. The van der Waals surface area contributed by atoms with Gasteiger partial charge in [0.25, 0.3) is 0 Å². The van der Waals surface area contributed by atoms with E-state index in [1.54, 1.807) is 0 Å². The van der Waals surface area contributed by atoms with E-state index in [0.29, 0.717) is 0 Å². The number of hydrogen-bond donors (Lipinski definition) is 2. The lowest BCUT2D eigenvalue weighted by molar-refractivity contribution is -0.540. The normalized spacial score (nSPS) is 23.9. The highest BCUT2D eigenvalue weighted by molar-refractivity contribution is 5.72. The third-order valence-electron chi connectivity index (χ3n) is 3.33. The fourth-order valence-corrected chi connectivity index (χ4v) is 2.37. The molecule has 0 aromatic carbocycles. The molecule has 0 aromatic rings. The van der Waals surface area contributed by atoms with E-state index in [0.717, 1.165) is 32.1 Å². The standard InChI is InChI=1S/C11H22N4/c12-11(14-7-3-1-4-8-14)13-15-9-5-2-6-10-15/h1-10H2,(H2,12,13)/p+1. The zero-order chi connectivity index (χ0) is 10.5. The predicted molar refractivity (Wildman–Crippen MR) is 61.6 cm³/mol. The van der Waals surface area contributed by atoms with Crippen LogP contribution in [0.25, 0.3) is 0 Å². The first-order valence-electron chi connectivity index (χ1n) is 6.25. The summed E-state index contributed by atoms with van der Waals surface area (Å²) in [7, 11) is 0. The Hall–Kier alpha value is -0.770. The van der Waals surface area contributed by atoms with Crippen molar-refractivity contribution in [2.45, 2.75) is 38.5 Å². The summed E-state index contributed by atoms with van der Waals surface area (Å²) in [6, 6.07) is 0. The molecule has 86 valence electrons.